The number of aromatic nitrogens is 2. The molecule has 0 aliphatic rings. The second kappa shape index (κ2) is 8.65. The molecule has 4 rings (SSSR count). The van der Waals surface area contributed by atoms with Crippen molar-refractivity contribution in [3.05, 3.63) is 102 Å². The molecule has 7 heteroatoms. The maximum absolute atomic E-state index is 13.1. The first kappa shape index (κ1) is 20.7. The van der Waals surface area contributed by atoms with Crippen LogP contribution in [-0.4, -0.2) is 18.2 Å². The minimum Gasteiger partial charge on any atom is -0.489 e. The topological polar surface area (TPSA) is 73.2 Å². The van der Waals surface area contributed by atoms with E-state index >= 15 is 0 Å². The fourth-order valence-corrected chi connectivity index (χ4v) is 4.86. The van der Waals surface area contributed by atoms with Crippen LogP contribution in [0.1, 0.15) is 17.0 Å². The smallest absolute Gasteiger partial charge is 0.265 e. The Morgan fingerprint density at radius 3 is 2.13 bits per heavy atom. The van der Waals surface area contributed by atoms with Gasteiger partial charge in [0.1, 0.15) is 17.3 Å². The number of benzene rings is 3. The van der Waals surface area contributed by atoms with Crippen molar-refractivity contribution in [3.8, 4) is 11.4 Å². The summed E-state index contributed by atoms with van der Waals surface area (Å²) in [6.45, 7) is 3.90. The number of aryl methyl sites for hydroxylation is 1. The van der Waals surface area contributed by atoms with Crippen LogP contribution in [0.5, 0.6) is 5.75 Å². The van der Waals surface area contributed by atoms with Crippen LogP contribution < -0.4 is 9.46 Å². The summed E-state index contributed by atoms with van der Waals surface area (Å²) in [4.78, 5) is 0.181. The lowest BCUT2D eigenvalue weighted by atomic mass is 10.2. The summed E-state index contributed by atoms with van der Waals surface area (Å²) in [7, 11) is -3.80. The van der Waals surface area contributed by atoms with Crippen molar-refractivity contribution < 1.29 is 13.2 Å². The van der Waals surface area contributed by atoms with E-state index in [4.69, 9.17) is 4.74 Å². The molecule has 1 heterocycles. The first-order valence-corrected chi connectivity index (χ1v) is 11.3. The van der Waals surface area contributed by atoms with Gasteiger partial charge >= 0.3 is 0 Å². The highest BCUT2D eigenvalue weighted by Gasteiger charge is 2.25. The standard InChI is InChI=1S/C24H23N3O3S/c1-18-24(19(2)27(25-18)22-11-7-4-8-12-22)31(28,29)26-21-13-15-23(16-14-21)30-17-20-9-5-3-6-10-20/h3-16,26H,17H2,1-2H3. The summed E-state index contributed by atoms with van der Waals surface area (Å²) in [5, 5.41) is 4.43. The Kier molecular flexibility index (Phi) is 5.77. The van der Waals surface area contributed by atoms with Gasteiger partial charge in [0, 0.05) is 5.69 Å². The van der Waals surface area contributed by atoms with Crippen molar-refractivity contribution in [2.75, 3.05) is 4.72 Å². The minimum absolute atomic E-state index is 0.181. The molecule has 0 radical (unpaired) electrons. The van der Waals surface area contributed by atoms with Crippen LogP contribution in [0.25, 0.3) is 5.69 Å². The molecular weight excluding hydrogens is 410 g/mol. The molecule has 0 atom stereocenters. The molecule has 0 unspecified atom stereocenters. The lowest BCUT2D eigenvalue weighted by molar-refractivity contribution is 0.306. The number of ether oxygens (including phenoxy) is 1. The third-order valence-electron chi connectivity index (χ3n) is 4.85. The summed E-state index contributed by atoms with van der Waals surface area (Å²) < 4.78 is 36.2. The Bertz CT molecular complexity index is 1270. The number of hydrogen-bond acceptors (Lipinski definition) is 4. The molecule has 0 bridgehead atoms. The molecule has 0 saturated heterocycles. The lowest BCUT2D eigenvalue weighted by Crippen LogP contribution is -2.15. The number of rotatable bonds is 7. The van der Waals surface area contributed by atoms with E-state index in [1.165, 1.54) is 0 Å². The van der Waals surface area contributed by atoms with Gasteiger partial charge in [-0.15, -0.1) is 0 Å². The minimum atomic E-state index is -3.80. The van der Waals surface area contributed by atoms with Crippen molar-refractivity contribution in [1.82, 2.24) is 9.78 Å². The summed E-state index contributed by atoms with van der Waals surface area (Å²) in [5.41, 5.74) is 3.33. The van der Waals surface area contributed by atoms with Crippen LogP contribution in [0.2, 0.25) is 0 Å². The molecule has 0 aliphatic heterocycles. The van der Waals surface area contributed by atoms with E-state index in [9.17, 15) is 8.42 Å². The summed E-state index contributed by atoms with van der Waals surface area (Å²) >= 11 is 0. The van der Waals surface area contributed by atoms with Gasteiger partial charge in [0.2, 0.25) is 0 Å². The van der Waals surface area contributed by atoms with Gasteiger partial charge in [0.15, 0.2) is 0 Å². The molecule has 1 aromatic heterocycles. The lowest BCUT2D eigenvalue weighted by Gasteiger charge is -2.11. The maximum Gasteiger partial charge on any atom is 0.265 e. The maximum atomic E-state index is 13.1. The average Bonchev–Trinajstić information content (AvgIpc) is 3.09. The Morgan fingerprint density at radius 2 is 1.48 bits per heavy atom. The second-order valence-corrected chi connectivity index (χ2v) is 8.77. The highest BCUT2D eigenvalue weighted by Crippen LogP contribution is 2.26. The normalized spacial score (nSPS) is 11.3. The van der Waals surface area contributed by atoms with E-state index in [-0.39, 0.29) is 4.90 Å². The summed E-state index contributed by atoms with van der Waals surface area (Å²) in [6, 6.07) is 26.2. The SMILES string of the molecule is Cc1nn(-c2ccccc2)c(C)c1S(=O)(=O)Nc1ccc(OCc2ccccc2)cc1. The van der Waals surface area contributed by atoms with Gasteiger partial charge in [-0.2, -0.15) is 5.10 Å². The number of nitrogens with zero attached hydrogens (tertiary/aromatic N) is 2. The van der Waals surface area contributed by atoms with E-state index < -0.39 is 10.0 Å². The van der Waals surface area contributed by atoms with E-state index in [2.05, 4.69) is 9.82 Å². The molecule has 0 aliphatic carbocycles. The monoisotopic (exact) mass is 433 g/mol. The van der Waals surface area contributed by atoms with Gasteiger partial charge < -0.3 is 4.74 Å². The van der Waals surface area contributed by atoms with Gasteiger partial charge in [-0.05, 0) is 55.8 Å². The first-order valence-electron chi connectivity index (χ1n) is 9.85. The third kappa shape index (κ3) is 4.62. The second-order valence-electron chi connectivity index (χ2n) is 7.15. The highest BCUT2D eigenvalue weighted by atomic mass is 32.2. The highest BCUT2D eigenvalue weighted by molar-refractivity contribution is 7.92. The zero-order valence-corrected chi connectivity index (χ0v) is 18.1. The van der Waals surface area contributed by atoms with E-state index in [0.29, 0.717) is 29.4 Å². The predicted octanol–water partition coefficient (Wildman–Crippen LogP) is 4.87. The Balaban J connectivity index is 1.51. The Hall–Kier alpha value is -3.58. The summed E-state index contributed by atoms with van der Waals surface area (Å²) in [5.74, 6) is 0.663. The van der Waals surface area contributed by atoms with Gasteiger partial charge in [-0.1, -0.05) is 48.5 Å². The number of nitrogens with one attached hydrogen (secondary N) is 1. The molecule has 0 spiro atoms. The number of anilines is 1. The fraction of sp³-hybridized carbons (Fsp3) is 0.125. The first-order chi connectivity index (χ1) is 14.9. The molecule has 0 amide bonds. The third-order valence-corrected chi connectivity index (χ3v) is 6.48. The van der Waals surface area contributed by atoms with Crippen molar-refractivity contribution in [2.45, 2.75) is 25.3 Å². The fourth-order valence-electron chi connectivity index (χ4n) is 3.40. The molecule has 0 fully saturated rings. The molecule has 0 saturated carbocycles. The van der Waals surface area contributed by atoms with Crippen molar-refractivity contribution in [2.24, 2.45) is 0 Å². The largest absolute Gasteiger partial charge is 0.489 e. The quantitative estimate of drug-likeness (QED) is 0.451. The zero-order valence-electron chi connectivity index (χ0n) is 17.3. The van der Waals surface area contributed by atoms with E-state index in [0.717, 1.165) is 11.3 Å². The van der Waals surface area contributed by atoms with Crippen LogP contribution in [0, 0.1) is 13.8 Å². The Labute approximate surface area is 182 Å². The predicted molar refractivity (Wildman–Crippen MR) is 121 cm³/mol. The number of sulfonamides is 1. The van der Waals surface area contributed by atoms with Gasteiger partial charge in [-0.3, -0.25) is 4.72 Å². The molecule has 158 valence electrons. The average molecular weight is 434 g/mol. The van der Waals surface area contributed by atoms with E-state index in [1.807, 2.05) is 60.7 Å². The molecule has 6 nitrogen and oxygen atoms in total. The molecule has 4 aromatic rings. The van der Waals surface area contributed by atoms with Crippen LogP contribution in [0.3, 0.4) is 0 Å². The molecule has 31 heavy (non-hydrogen) atoms. The van der Waals surface area contributed by atoms with Gasteiger partial charge in [-0.25, -0.2) is 13.1 Å². The van der Waals surface area contributed by atoms with Crippen LogP contribution in [0.15, 0.2) is 89.8 Å². The van der Waals surface area contributed by atoms with Crippen LogP contribution >= 0.6 is 0 Å². The number of hydrogen-bond donors (Lipinski definition) is 1. The van der Waals surface area contributed by atoms with Crippen LogP contribution in [-0.2, 0) is 16.6 Å². The van der Waals surface area contributed by atoms with Crippen molar-refractivity contribution in [1.29, 1.82) is 0 Å². The van der Waals surface area contributed by atoms with E-state index in [1.54, 1.807) is 42.8 Å². The Morgan fingerprint density at radius 1 is 0.871 bits per heavy atom. The molecule has 1 N–H and O–H groups in total. The number of para-hydroxylation sites is 1. The summed E-state index contributed by atoms with van der Waals surface area (Å²) in [6.07, 6.45) is 0. The molecular formula is C24H23N3O3S. The van der Waals surface area contributed by atoms with Gasteiger partial charge in [0.05, 0.1) is 17.1 Å². The zero-order chi connectivity index (χ0) is 21.8. The van der Waals surface area contributed by atoms with Crippen LogP contribution in [0.4, 0.5) is 5.69 Å². The molecule has 3 aromatic carbocycles. The van der Waals surface area contributed by atoms with Gasteiger partial charge in [0.25, 0.3) is 10.0 Å². The van der Waals surface area contributed by atoms with Crippen molar-refractivity contribution in [3.63, 3.8) is 0 Å². The van der Waals surface area contributed by atoms with Crippen molar-refractivity contribution >= 4 is 15.7 Å².